The van der Waals surface area contributed by atoms with Crippen molar-refractivity contribution >= 4 is 21.4 Å². The molecule has 0 amide bonds. The molecule has 0 bridgehead atoms. The van der Waals surface area contributed by atoms with Gasteiger partial charge in [0, 0.05) is 37.0 Å². The van der Waals surface area contributed by atoms with E-state index in [4.69, 9.17) is 4.98 Å². The van der Waals surface area contributed by atoms with Crippen LogP contribution in [0.3, 0.4) is 0 Å². The third kappa shape index (κ3) is 4.48. The highest BCUT2D eigenvalue weighted by molar-refractivity contribution is 7.89. The molecule has 0 N–H and O–H groups in total. The minimum Gasteiger partial charge on any atom is -0.294 e. The van der Waals surface area contributed by atoms with E-state index in [0.717, 1.165) is 47.0 Å². The van der Waals surface area contributed by atoms with Gasteiger partial charge in [-0.05, 0) is 31.9 Å². The van der Waals surface area contributed by atoms with Crippen molar-refractivity contribution < 1.29 is 8.42 Å². The lowest BCUT2D eigenvalue weighted by Gasteiger charge is -2.34. The fourth-order valence-electron chi connectivity index (χ4n) is 3.75. The predicted octanol–water partition coefficient (Wildman–Crippen LogP) is 3.87. The number of piperazine rings is 1. The molecule has 0 atom stereocenters. The molecule has 1 aromatic heterocycles. The number of hydrogen-bond donors (Lipinski definition) is 0. The van der Waals surface area contributed by atoms with Crippen LogP contribution in [0.15, 0.2) is 22.4 Å². The number of thiazole rings is 1. The molecule has 1 aliphatic heterocycles. The Morgan fingerprint density at radius 3 is 2.11 bits per heavy atom. The normalized spacial score (nSPS) is 17.2. The Morgan fingerprint density at radius 2 is 1.61 bits per heavy atom. The number of sulfonamides is 1. The first kappa shape index (κ1) is 21.4. The number of rotatable bonds is 4. The summed E-state index contributed by atoms with van der Waals surface area (Å²) in [5, 5.41) is 3.24. The minimum absolute atomic E-state index is 0.0608. The van der Waals surface area contributed by atoms with Crippen LogP contribution in [0.5, 0.6) is 0 Å². The SMILES string of the molecule is Cc1cc(C)c(S(=O)(=O)N2CCN(Cc3nc(C(C)(C)C)cs3)CC2)c(C)c1. The maximum Gasteiger partial charge on any atom is 0.243 e. The summed E-state index contributed by atoms with van der Waals surface area (Å²) in [6, 6.07) is 3.90. The zero-order chi connectivity index (χ0) is 20.7. The molecule has 0 aliphatic carbocycles. The first-order valence-electron chi connectivity index (χ1n) is 9.74. The molecule has 7 heteroatoms. The lowest BCUT2D eigenvalue weighted by atomic mass is 9.93. The van der Waals surface area contributed by atoms with Crippen molar-refractivity contribution in [3.05, 3.63) is 44.9 Å². The molecule has 1 aliphatic rings. The van der Waals surface area contributed by atoms with Crippen LogP contribution in [0.25, 0.3) is 0 Å². The Hall–Kier alpha value is -1.28. The summed E-state index contributed by atoms with van der Waals surface area (Å²) in [6.45, 7) is 15.6. The Labute approximate surface area is 173 Å². The number of aromatic nitrogens is 1. The molecular weight excluding hydrogens is 390 g/mol. The van der Waals surface area contributed by atoms with E-state index < -0.39 is 10.0 Å². The van der Waals surface area contributed by atoms with E-state index in [1.54, 1.807) is 15.6 Å². The predicted molar refractivity (Wildman–Crippen MR) is 116 cm³/mol. The molecule has 0 unspecified atom stereocenters. The zero-order valence-corrected chi connectivity index (χ0v) is 19.4. The number of aryl methyl sites for hydroxylation is 3. The molecule has 0 saturated carbocycles. The van der Waals surface area contributed by atoms with Crippen molar-refractivity contribution in [3.63, 3.8) is 0 Å². The van der Waals surface area contributed by atoms with Crippen LogP contribution >= 0.6 is 11.3 Å². The summed E-state index contributed by atoms with van der Waals surface area (Å²) in [5.41, 5.74) is 3.94. The van der Waals surface area contributed by atoms with Crippen molar-refractivity contribution in [1.82, 2.24) is 14.2 Å². The molecule has 154 valence electrons. The van der Waals surface area contributed by atoms with Gasteiger partial charge in [0.05, 0.1) is 17.1 Å². The standard InChI is InChI=1S/C21H31N3O2S2/c1-15-11-16(2)20(17(3)12-15)28(25,26)24-9-7-23(8-10-24)13-19-22-18(14-27-19)21(4,5)6/h11-12,14H,7-10,13H2,1-6H3. The van der Waals surface area contributed by atoms with Gasteiger partial charge in [0.25, 0.3) is 0 Å². The Balaban J connectivity index is 1.67. The van der Waals surface area contributed by atoms with Crippen LogP contribution in [0, 0.1) is 20.8 Å². The molecule has 3 rings (SSSR count). The van der Waals surface area contributed by atoms with Gasteiger partial charge in [-0.1, -0.05) is 38.5 Å². The lowest BCUT2D eigenvalue weighted by molar-refractivity contribution is 0.181. The van der Waals surface area contributed by atoms with Gasteiger partial charge in [-0.2, -0.15) is 4.31 Å². The molecule has 1 fully saturated rings. The van der Waals surface area contributed by atoms with E-state index >= 15 is 0 Å². The largest absolute Gasteiger partial charge is 0.294 e. The number of hydrogen-bond acceptors (Lipinski definition) is 5. The van der Waals surface area contributed by atoms with Crippen LogP contribution in [-0.2, 0) is 22.0 Å². The Kier molecular flexibility index (Phi) is 6.01. The molecule has 28 heavy (non-hydrogen) atoms. The van der Waals surface area contributed by atoms with Gasteiger partial charge < -0.3 is 0 Å². The first-order valence-corrected chi connectivity index (χ1v) is 12.1. The highest BCUT2D eigenvalue weighted by Crippen LogP contribution is 2.27. The van der Waals surface area contributed by atoms with Crippen molar-refractivity contribution in [3.8, 4) is 0 Å². The van der Waals surface area contributed by atoms with Gasteiger partial charge in [-0.3, -0.25) is 4.90 Å². The van der Waals surface area contributed by atoms with Crippen LogP contribution in [0.2, 0.25) is 0 Å². The van der Waals surface area contributed by atoms with Gasteiger partial charge in [-0.25, -0.2) is 13.4 Å². The summed E-state index contributed by atoms with van der Waals surface area (Å²) < 4.78 is 28.1. The van der Waals surface area contributed by atoms with Crippen LogP contribution in [0.4, 0.5) is 0 Å². The molecule has 1 saturated heterocycles. The van der Waals surface area contributed by atoms with E-state index in [1.807, 2.05) is 32.9 Å². The van der Waals surface area contributed by atoms with Crippen LogP contribution in [-0.4, -0.2) is 48.8 Å². The monoisotopic (exact) mass is 421 g/mol. The van der Waals surface area contributed by atoms with E-state index in [-0.39, 0.29) is 5.41 Å². The average molecular weight is 422 g/mol. The second kappa shape index (κ2) is 7.86. The molecule has 1 aromatic carbocycles. The summed E-state index contributed by atoms with van der Waals surface area (Å²) in [6.07, 6.45) is 0. The topological polar surface area (TPSA) is 53.5 Å². The van der Waals surface area contributed by atoms with Crippen LogP contribution in [0.1, 0.15) is 48.2 Å². The second-order valence-electron chi connectivity index (χ2n) is 8.78. The average Bonchev–Trinajstić information content (AvgIpc) is 3.03. The summed E-state index contributed by atoms with van der Waals surface area (Å²) in [7, 11) is -3.46. The third-order valence-electron chi connectivity index (χ3n) is 5.21. The van der Waals surface area contributed by atoms with Crippen molar-refractivity contribution in [2.24, 2.45) is 0 Å². The number of nitrogens with zero attached hydrogens (tertiary/aromatic N) is 3. The third-order valence-corrected chi connectivity index (χ3v) is 8.25. The maximum atomic E-state index is 13.2. The zero-order valence-electron chi connectivity index (χ0n) is 17.7. The second-order valence-corrected chi connectivity index (χ2v) is 11.6. The smallest absolute Gasteiger partial charge is 0.243 e. The molecule has 2 heterocycles. The van der Waals surface area contributed by atoms with Crippen LogP contribution < -0.4 is 0 Å². The fraction of sp³-hybridized carbons (Fsp3) is 0.571. The maximum absolute atomic E-state index is 13.2. The summed E-state index contributed by atoms with van der Waals surface area (Å²) in [4.78, 5) is 7.54. The summed E-state index contributed by atoms with van der Waals surface area (Å²) in [5.74, 6) is 0. The fourth-order valence-corrected chi connectivity index (χ4v) is 6.65. The molecule has 0 spiro atoms. The van der Waals surface area contributed by atoms with Gasteiger partial charge >= 0.3 is 0 Å². The van der Waals surface area contributed by atoms with E-state index in [0.29, 0.717) is 18.0 Å². The first-order chi connectivity index (χ1) is 13.0. The van der Waals surface area contributed by atoms with Gasteiger partial charge in [-0.15, -0.1) is 11.3 Å². The van der Waals surface area contributed by atoms with Crippen molar-refractivity contribution in [2.45, 2.75) is 58.4 Å². The molecule has 2 aromatic rings. The van der Waals surface area contributed by atoms with Crippen molar-refractivity contribution in [1.29, 1.82) is 0 Å². The quantitative estimate of drug-likeness (QED) is 0.752. The van der Waals surface area contributed by atoms with Crippen molar-refractivity contribution in [2.75, 3.05) is 26.2 Å². The lowest BCUT2D eigenvalue weighted by Crippen LogP contribution is -2.48. The highest BCUT2D eigenvalue weighted by atomic mass is 32.2. The van der Waals surface area contributed by atoms with E-state index in [1.165, 1.54) is 0 Å². The molecular formula is C21H31N3O2S2. The van der Waals surface area contributed by atoms with Gasteiger partial charge in [0.1, 0.15) is 5.01 Å². The highest BCUT2D eigenvalue weighted by Gasteiger charge is 2.31. The Bertz CT molecular complexity index is 927. The molecule has 5 nitrogen and oxygen atoms in total. The van der Waals surface area contributed by atoms with E-state index in [2.05, 4.69) is 31.1 Å². The van der Waals surface area contributed by atoms with Gasteiger partial charge in [0.2, 0.25) is 10.0 Å². The van der Waals surface area contributed by atoms with Gasteiger partial charge in [0.15, 0.2) is 0 Å². The molecule has 0 radical (unpaired) electrons. The minimum atomic E-state index is -3.46. The van der Waals surface area contributed by atoms with E-state index in [9.17, 15) is 8.42 Å². The number of benzene rings is 1. The summed E-state index contributed by atoms with van der Waals surface area (Å²) >= 11 is 1.69. The Morgan fingerprint density at radius 1 is 1.04 bits per heavy atom.